The Labute approximate surface area is 112 Å². The van der Waals surface area contributed by atoms with Crippen LogP contribution in [0.4, 0.5) is 4.79 Å². The van der Waals surface area contributed by atoms with Crippen LogP contribution in [0.25, 0.3) is 0 Å². The molecule has 0 aromatic heterocycles. The summed E-state index contributed by atoms with van der Waals surface area (Å²) in [5, 5.41) is 16.6. The summed E-state index contributed by atoms with van der Waals surface area (Å²) in [7, 11) is 0. The van der Waals surface area contributed by atoms with Crippen LogP contribution in [-0.4, -0.2) is 42.6 Å². The minimum Gasteiger partial charge on any atom is -0.481 e. The second-order valence-corrected chi connectivity index (χ2v) is 4.83. The van der Waals surface area contributed by atoms with Crippen LogP contribution in [0.5, 0.6) is 0 Å². The van der Waals surface area contributed by atoms with Crippen molar-refractivity contribution in [2.75, 3.05) is 19.6 Å². The van der Waals surface area contributed by atoms with E-state index >= 15 is 0 Å². The highest BCUT2D eigenvalue weighted by Gasteiger charge is 2.44. The van der Waals surface area contributed by atoms with Gasteiger partial charge in [-0.05, 0) is 19.3 Å². The first-order chi connectivity index (χ1) is 9.00. The lowest BCUT2D eigenvalue weighted by atomic mass is 9.69. The zero-order chi connectivity index (χ0) is 14.3. The summed E-state index contributed by atoms with van der Waals surface area (Å²) < 4.78 is 0. The maximum absolute atomic E-state index is 11.4. The van der Waals surface area contributed by atoms with Crippen molar-refractivity contribution in [2.24, 2.45) is 5.41 Å². The average Bonchev–Trinajstić information content (AvgIpc) is 2.32. The molecule has 0 aromatic carbocycles. The minimum atomic E-state index is -0.875. The molecule has 0 aliphatic heterocycles. The lowest BCUT2D eigenvalue weighted by molar-refractivity contribution is -0.153. The van der Waals surface area contributed by atoms with Gasteiger partial charge < -0.3 is 21.1 Å². The zero-order valence-corrected chi connectivity index (χ0v) is 11.1. The highest BCUT2D eigenvalue weighted by Crippen LogP contribution is 2.40. The Morgan fingerprint density at radius 2 is 1.84 bits per heavy atom. The van der Waals surface area contributed by atoms with Crippen molar-refractivity contribution >= 4 is 17.9 Å². The third-order valence-corrected chi connectivity index (χ3v) is 3.33. The molecule has 0 unspecified atom stereocenters. The fourth-order valence-corrected chi connectivity index (χ4v) is 1.87. The van der Waals surface area contributed by atoms with Gasteiger partial charge in [0, 0.05) is 13.1 Å². The number of carboxylic acids is 1. The summed E-state index contributed by atoms with van der Waals surface area (Å²) in [5.41, 5.74) is -0.818. The molecule has 1 rings (SSSR count). The molecule has 7 heteroatoms. The molecule has 0 saturated heterocycles. The third kappa shape index (κ3) is 4.42. The first kappa shape index (κ1) is 15.3. The number of aliphatic carboxylic acids is 1. The fraction of sp³-hybridized carbons (Fsp3) is 0.750. The third-order valence-electron chi connectivity index (χ3n) is 3.33. The van der Waals surface area contributed by atoms with Crippen molar-refractivity contribution in [3.8, 4) is 0 Å². The number of urea groups is 1. The monoisotopic (exact) mass is 271 g/mol. The molecule has 0 aromatic rings. The Hall–Kier alpha value is -1.79. The summed E-state index contributed by atoms with van der Waals surface area (Å²) in [6.07, 6.45) is 2.87. The fourth-order valence-electron chi connectivity index (χ4n) is 1.87. The molecule has 0 radical (unpaired) electrons. The highest BCUT2D eigenvalue weighted by molar-refractivity contribution is 5.84. The number of hydrogen-bond donors (Lipinski definition) is 4. The van der Waals surface area contributed by atoms with Crippen LogP contribution in [0.2, 0.25) is 0 Å². The molecular weight excluding hydrogens is 250 g/mol. The number of nitrogens with one attached hydrogen (secondary N) is 3. The topological polar surface area (TPSA) is 108 Å². The normalized spacial score (nSPS) is 16.1. The van der Waals surface area contributed by atoms with Crippen LogP contribution < -0.4 is 16.0 Å². The van der Waals surface area contributed by atoms with E-state index in [-0.39, 0.29) is 19.0 Å². The summed E-state index contributed by atoms with van der Waals surface area (Å²) in [6.45, 7) is 2.51. The molecule has 108 valence electrons. The standard InChI is InChI=1S/C12H21N3O4/c1-2-6-13-9(16)7-14-11(19)15-8-12(10(17)18)4-3-5-12/h2-8H2,1H3,(H,13,16)(H,17,18)(H2,14,15,19). The van der Waals surface area contributed by atoms with E-state index in [1.54, 1.807) is 0 Å². The molecule has 1 fully saturated rings. The Bertz CT molecular complexity index is 353. The van der Waals surface area contributed by atoms with Gasteiger partial charge >= 0.3 is 12.0 Å². The Kier molecular flexibility index (Phi) is 5.59. The quantitative estimate of drug-likeness (QED) is 0.525. The van der Waals surface area contributed by atoms with E-state index in [0.29, 0.717) is 19.4 Å². The number of hydrogen-bond acceptors (Lipinski definition) is 3. The minimum absolute atomic E-state index is 0.102. The van der Waals surface area contributed by atoms with Gasteiger partial charge in [-0.3, -0.25) is 9.59 Å². The van der Waals surface area contributed by atoms with E-state index in [1.807, 2.05) is 6.92 Å². The molecule has 0 bridgehead atoms. The number of amides is 3. The van der Waals surface area contributed by atoms with Gasteiger partial charge in [-0.15, -0.1) is 0 Å². The van der Waals surface area contributed by atoms with Crippen molar-refractivity contribution in [3.63, 3.8) is 0 Å². The molecule has 4 N–H and O–H groups in total. The van der Waals surface area contributed by atoms with E-state index in [9.17, 15) is 14.4 Å². The van der Waals surface area contributed by atoms with Gasteiger partial charge in [-0.25, -0.2) is 4.79 Å². The molecule has 7 nitrogen and oxygen atoms in total. The van der Waals surface area contributed by atoms with Gasteiger partial charge in [-0.1, -0.05) is 13.3 Å². The highest BCUT2D eigenvalue weighted by atomic mass is 16.4. The SMILES string of the molecule is CCCNC(=O)CNC(=O)NCC1(C(=O)O)CCC1. The van der Waals surface area contributed by atoms with Gasteiger partial charge in [0.25, 0.3) is 0 Å². The van der Waals surface area contributed by atoms with Gasteiger partial charge in [-0.2, -0.15) is 0 Å². The Balaban J connectivity index is 2.21. The number of rotatable bonds is 7. The number of carbonyl (C=O) groups is 3. The first-order valence-electron chi connectivity index (χ1n) is 6.52. The summed E-state index contributed by atoms with van der Waals surface area (Å²) in [5.74, 6) is -1.13. The largest absolute Gasteiger partial charge is 0.481 e. The van der Waals surface area contributed by atoms with Crippen LogP contribution in [0.1, 0.15) is 32.6 Å². The van der Waals surface area contributed by atoms with Crippen LogP contribution in [-0.2, 0) is 9.59 Å². The van der Waals surface area contributed by atoms with Crippen molar-refractivity contribution in [1.29, 1.82) is 0 Å². The van der Waals surface area contributed by atoms with Gasteiger partial charge in [0.05, 0.1) is 12.0 Å². The van der Waals surface area contributed by atoms with E-state index in [0.717, 1.165) is 12.8 Å². The Morgan fingerprint density at radius 3 is 2.32 bits per heavy atom. The van der Waals surface area contributed by atoms with Crippen molar-refractivity contribution in [2.45, 2.75) is 32.6 Å². The summed E-state index contributed by atoms with van der Waals surface area (Å²) >= 11 is 0. The van der Waals surface area contributed by atoms with Gasteiger partial charge in [0.2, 0.25) is 5.91 Å². The van der Waals surface area contributed by atoms with Crippen LogP contribution in [0.3, 0.4) is 0 Å². The molecule has 1 saturated carbocycles. The molecule has 0 atom stereocenters. The summed E-state index contributed by atoms with van der Waals surface area (Å²) in [4.78, 5) is 33.7. The average molecular weight is 271 g/mol. The second-order valence-electron chi connectivity index (χ2n) is 4.83. The van der Waals surface area contributed by atoms with Gasteiger partial charge in [0.15, 0.2) is 0 Å². The van der Waals surface area contributed by atoms with E-state index in [1.165, 1.54) is 0 Å². The second kappa shape index (κ2) is 6.96. The van der Waals surface area contributed by atoms with Crippen LogP contribution >= 0.6 is 0 Å². The van der Waals surface area contributed by atoms with Crippen molar-refractivity contribution < 1.29 is 19.5 Å². The lowest BCUT2D eigenvalue weighted by Crippen LogP contribution is -2.50. The molecule has 19 heavy (non-hydrogen) atoms. The molecule has 1 aliphatic rings. The van der Waals surface area contributed by atoms with E-state index in [2.05, 4.69) is 16.0 Å². The summed E-state index contributed by atoms with van der Waals surface area (Å²) in [6, 6.07) is -0.515. The molecule has 3 amide bonds. The molecular formula is C12H21N3O4. The maximum Gasteiger partial charge on any atom is 0.315 e. The predicted molar refractivity (Wildman–Crippen MR) is 68.6 cm³/mol. The van der Waals surface area contributed by atoms with Crippen LogP contribution in [0, 0.1) is 5.41 Å². The zero-order valence-electron chi connectivity index (χ0n) is 11.1. The molecule has 0 spiro atoms. The lowest BCUT2D eigenvalue weighted by Gasteiger charge is -2.37. The van der Waals surface area contributed by atoms with Gasteiger partial charge in [0.1, 0.15) is 0 Å². The predicted octanol–water partition coefficient (Wildman–Crippen LogP) is 0.0667. The number of carbonyl (C=O) groups excluding carboxylic acids is 2. The number of carboxylic acid groups (broad SMARTS) is 1. The molecule has 1 aliphatic carbocycles. The van der Waals surface area contributed by atoms with E-state index < -0.39 is 17.4 Å². The maximum atomic E-state index is 11.4. The first-order valence-corrected chi connectivity index (χ1v) is 6.52. The van der Waals surface area contributed by atoms with Crippen LogP contribution in [0.15, 0.2) is 0 Å². The van der Waals surface area contributed by atoms with Crippen molar-refractivity contribution in [3.05, 3.63) is 0 Å². The Morgan fingerprint density at radius 1 is 1.16 bits per heavy atom. The smallest absolute Gasteiger partial charge is 0.315 e. The van der Waals surface area contributed by atoms with Crippen molar-refractivity contribution in [1.82, 2.24) is 16.0 Å². The van der Waals surface area contributed by atoms with E-state index in [4.69, 9.17) is 5.11 Å². The molecule has 0 heterocycles.